The Bertz CT molecular complexity index is 379. The van der Waals surface area contributed by atoms with E-state index in [1.54, 1.807) is 7.11 Å². The molecule has 0 unspecified atom stereocenters. The van der Waals surface area contributed by atoms with E-state index < -0.39 is 0 Å². The van der Waals surface area contributed by atoms with Crippen LogP contribution in [-0.4, -0.2) is 19.6 Å². The van der Waals surface area contributed by atoms with E-state index in [-0.39, 0.29) is 0 Å². The summed E-state index contributed by atoms with van der Waals surface area (Å²) in [6, 6.07) is 5.63. The van der Waals surface area contributed by atoms with E-state index in [9.17, 15) is 0 Å². The van der Waals surface area contributed by atoms with Gasteiger partial charge in [-0.15, -0.1) is 0 Å². The Labute approximate surface area is 104 Å². The zero-order chi connectivity index (χ0) is 12.0. The Hall–Kier alpha value is -1.23. The van der Waals surface area contributed by atoms with Crippen LogP contribution in [0.3, 0.4) is 0 Å². The molecule has 1 aromatic rings. The van der Waals surface area contributed by atoms with E-state index in [2.05, 4.69) is 33.2 Å². The lowest BCUT2D eigenvalue weighted by Gasteiger charge is -2.09. The number of nitrogens with zero attached hydrogens (tertiary/aromatic N) is 1. The first-order chi connectivity index (χ1) is 7.67. The lowest BCUT2D eigenvalue weighted by Crippen LogP contribution is -2.23. The van der Waals surface area contributed by atoms with Gasteiger partial charge in [0.15, 0.2) is 5.96 Å². The molecule has 16 heavy (non-hydrogen) atoms. The molecule has 88 valence electrons. The highest BCUT2D eigenvalue weighted by molar-refractivity contribution is 9.10. The van der Waals surface area contributed by atoms with Crippen LogP contribution in [-0.2, 0) is 0 Å². The predicted molar refractivity (Wildman–Crippen MR) is 71.1 cm³/mol. The summed E-state index contributed by atoms with van der Waals surface area (Å²) in [6.07, 6.45) is 0.974. The van der Waals surface area contributed by atoms with E-state index in [1.165, 1.54) is 0 Å². The third kappa shape index (κ3) is 3.73. The van der Waals surface area contributed by atoms with Gasteiger partial charge in [-0.2, -0.15) is 0 Å². The van der Waals surface area contributed by atoms with E-state index >= 15 is 0 Å². The molecule has 0 heterocycles. The SMILES string of the molecule is CCCN=C(N)Nc1cc(OC)ccc1Br. The summed E-state index contributed by atoms with van der Waals surface area (Å²) in [5.41, 5.74) is 6.57. The molecule has 0 saturated heterocycles. The number of guanidine groups is 1. The molecular weight excluding hydrogens is 270 g/mol. The van der Waals surface area contributed by atoms with Gasteiger partial charge in [0, 0.05) is 17.1 Å². The molecule has 0 aromatic heterocycles. The van der Waals surface area contributed by atoms with Crippen molar-refractivity contribution < 1.29 is 4.74 Å². The second kappa shape index (κ2) is 6.37. The fourth-order valence-electron chi connectivity index (χ4n) is 1.14. The summed E-state index contributed by atoms with van der Waals surface area (Å²) >= 11 is 3.43. The van der Waals surface area contributed by atoms with Crippen molar-refractivity contribution in [1.82, 2.24) is 0 Å². The molecule has 0 spiro atoms. The van der Waals surface area contributed by atoms with Gasteiger partial charge in [-0.25, -0.2) is 0 Å². The Kier molecular flexibility index (Phi) is 5.11. The van der Waals surface area contributed by atoms with Crippen LogP contribution in [0.25, 0.3) is 0 Å². The van der Waals surface area contributed by atoms with Crippen LogP contribution in [0.15, 0.2) is 27.7 Å². The van der Waals surface area contributed by atoms with E-state index in [1.807, 2.05) is 18.2 Å². The van der Waals surface area contributed by atoms with Crippen molar-refractivity contribution in [2.75, 3.05) is 19.0 Å². The third-order valence-electron chi connectivity index (χ3n) is 1.94. The topological polar surface area (TPSA) is 59.6 Å². The molecule has 0 aliphatic rings. The number of ether oxygens (including phenoxy) is 1. The van der Waals surface area contributed by atoms with Gasteiger partial charge in [-0.05, 0) is 34.5 Å². The minimum Gasteiger partial charge on any atom is -0.497 e. The number of hydrogen-bond acceptors (Lipinski definition) is 2. The van der Waals surface area contributed by atoms with Gasteiger partial charge in [0.25, 0.3) is 0 Å². The number of methoxy groups -OCH3 is 1. The maximum Gasteiger partial charge on any atom is 0.193 e. The normalized spacial score (nSPS) is 11.3. The first kappa shape index (κ1) is 12.8. The van der Waals surface area contributed by atoms with Crippen molar-refractivity contribution in [1.29, 1.82) is 0 Å². The highest BCUT2D eigenvalue weighted by Crippen LogP contribution is 2.26. The molecule has 0 radical (unpaired) electrons. The average Bonchev–Trinajstić information content (AvgIpc) is 2.29. The van der Waals surface area contributed by atoms with Gasteiger partial charge < -0.3 is 15.8 Å². The lowest BCUT2D eigenvalue weighted by atomic mass is 10.3. The number of nitrogens with one attached hydrogen (secondary N) is 1. The predicted octanol–water partition coefficient (Wildman–Crippen LogP) is 2.59. The second-order valence-electron chi connectivity index (χ2n) is 3.24. The zero-order valence-corrected chi connectivity index (χ0v) is 11.0. The molecular formula is C11H16BrN3O. The summed E-state index contributed by atoms with van der Waals surface area (Å²) in [5.74, 6) is 1.18. The molecule has 0 saturated carbocycles. The fourth-order valence-corrected chi connectivity index (χ4v) is 1.48. The van der Waals surface area contributed by atoms with Crippen LogP contribution >= 0.6 is 15.9 Å². The minimum absolute atomic E-state index is 0.413. The zero-order valence-electron chi connectivity index (χ0n) is 9.46. The van der Waals surface area contributed by atoms with Crippen molar-refractivity contribution in [3.8, 4) is 5.75 Å². The Morgan fingerprint density at radius 1 is 1.56 bits per heavy atom. The number of benzene rings is 1. The Morgan fingerprint density at radius 2 is 2.31 bits per heavy atom. The van der Waals surface area contributed by atoms with Gasteiger partial charge in [0.05, 0.1) is 12.8 Å². The standard InChI is InChI=1S/C11H16BrN3O/c1-3-6-14-11(13)15-10-7-8(16-2)4-5-9(10)12/h4-5,7H,3,6H2,1-2H3,(H3,13,14,15). The van der Waals surface area contributed by atoms with Gasteiger partial charge in [0.1, 0.15) is 5.75 Å². The summed E-state index contributed by atoms with van der Waals surface area (Å²) in [6.45, 7) is 2.78. The monoisotopic (exact) mass is 285 g/mol. The number of hydrogen-bond donors (Lipinski definition) is 2. The molecule has 0 atom stereocenters. The number of aliphatic imine (C=N–C) groups is 1. The van der Waals surface area contributed by atoms with Crippen LogP contribution in [0.4, 0.5) is 5.69 Å². The van der Waals surface area contributed by atoms with E-state index in [0.717, 1.165) is 28.9 Å². The van der Waals surface area contributed by atoms with Gasteiger partial charge >= 0.3 is 0 Å². The van der Waals surface area contributed by atoms with E-state index in [0.29, 0.717) is 5.96 Å². The quantitative estimate of drug-likeness (QED) is 0.660. The van der Waals surface area contributed by atoms with Crippen molar-refractivity contribution in [3.63, 3.8) is 0 Å². The minimum atomic E-state index is 0.413. The number of halogens is 1. The number of anilines is 1. The number of nitrogens with two attached hydrogens (primary N) is 1. The third-order valence-corrected chi connectivity index (χ3v) is 2.63. The van der Waals surface area contributed by atoms with Crippen molar-refractivity contribution >= 4 is 27.6 Å². The first-order valence-electron chi connectivity index (χ1n) is 5.08. The van der Waals surface area contributed by atoms with Crippen LogP contribution in [0.2, 0.25) is 0 Å². The van der Waals surface area contributed by atoms with Gasteiger partial charge in [-0.3, -0.25) is 4.99 Å². The maximum absolute atomic E-state index is 5.73. The van der Waals surface area contributed by atoms with Crippen LogP contribution < -0.4 is 15.8 Å². The largest absolute Gasteiger partial charge is 0.497 e. The summed E-state index contributed by atoms with van der Waals surface area (Å²) in [4.78, 5) is 4.16. The summed E-state index contributed by atoms with van der Waals surface area (Å²) in [7, 11) is 1.63. The molecule has 0 amide bonds. The molecule has 1 rings (SSSR count). The molecule has 4 nitrogen and oxygen atoms in total. The summed E-state index contributed by atoms with van der Waals surface area (Å²) < 4.78 is 6.05. The highest BCUT2D eigenvalue weighted by Gasteiger charge is 2.02. The molecule has 5 heteroatoms. The van der Waals surface area contributed by atoms with Crippen LogP contribution in [0, 0.1) is 0 Å². The van der Waals surface area contributed by atoms with Crippen molar-refractivity contribution in [2.45, 2.75) is 13.3 Å². The number of rotatable bonds is 4. The molecule has 0 aliphatic heterocycles. The van der Waals surface area contributed by atoms with Crippen molar-refractivity contribution in [2.24, 2.45) is 10.7 Å². The molecule has 1 aromatic carbocycles. The van der Waals surface area contributed by atoms with Gasteiger partial charge in [0.2, 0.25) is 0 Å². The summed E-state index contributed by atoms with van der Waals surface area (Å²) in [5, 5.41) is 3.02. The lowest BCUT2D eigenvalue weighted by molar-refractivity contribution is 0.415. The Balaban J connectivity index is 2.79. The maximum atomic E-state index is 5.73. The fraction of sp³-hybridized carbons (Fsp3) is 0.364. The molecule has 0 aliphatic carbocycles. The Morgan fingerprint density at radius 3 is 2.94 bits per heavy atom. The first-order valence-corrected chi connectivity index (χ1v) is 5.87. The van der Waals surface area contributed by atoms with Crippen LogP contribution in [0.5, 0.6) is 5.75 Å². The highest BCUT2D eigenvalue weighted by atomic mass is 79.9. The molecule has 0 bridgehead atoms. The van der Waals surface area contributed by atoms with Crippen molar-refractivity contribution in [3.05, 3.63) is 22.7 Å². The molecule has 3 N–H and O–H groups in total. The van der Waals surface area contributed by atoms with Gasteiger partial charge in [-0.1, -0.05) is 6.92 Å². The van der Waals surface area contributed by atoms with E-state index in [4.69, 9.17) is 10.5 Å². The average molecular weight is 286 g/mol. The smallest absolute Gasteiger partial charge is 0.193 e. The second-order valence-corrected chi connectivity index (χ2v) is 4.09. The molecule has 0 fully saturated rings. The van der Waals surface area contributed by atoms with Crippen LogP contribution in [0.1, 0.15) is 13.3 Å².